The summed E-state index contributed by atoms with van der Waals surface area (Å²) in [5, 5.41) is 21.3. The zero-order valence-corrected chi connectivity index (χ0v) is 11.1. The van der Waals surface area contributed by atoms with Crippen molar-refractivity contribution in [3.63, 3.8) is 0 Å². The Morgan fingerprint density at radius 3 is 2.61 bits per heavy atom. The van der Waals surface area contributed by atoms with Crippen LogP contribution in [0.4, 0.5) is 0 Å². The van der Waals surface area contributed by atoms with E-state index < -0.39 is 0 Å². The second kappa shape index (κ2) is 7.36. The van der Waals surface area contributed by atoms with E-state index in [0.717, 1.165) is 11.3 Å². The van der Waals surface area contributed by atoms with E-state index in [-0.39, 0.29) is 18.8 Å². The quantitative estimate of drug-likeness (QED) is 0.646. The van der Waals surface area contributed by atoms with Gasteiger partial charge in [0, 0.05) is 18.6 Å². The molecule has 4 nitrogen and oxygen atoms in total. The summed E-state index contributed by atoms with van der Waals surface area (Å²) >= 11 is 0. The Morgan fingerprint density at radius 2 is 2.00 bits per heavy atom. The average Bonchev–Trinajstić information content (AvgIpc) is 2.41. The van der Waals surface area contributed by atoms with Crippen molar-refractivity contribution in [3.8, 4) is 5.75 Å². The number of hydrogen-bond acceptors (Lipinski definition) is 4. The second-order valence-electron chi connectivity index (χ2n) is 4.65. The Kier molecular flexibility index (Phi) is 6.12. The lowest BCUT2D eigenvalue weighted by Crippen LogP contribution is -2.44. The smallest absolute Gasteiger partial charge is 0.122 e. The number of nitrogens with one attached hydrogen (secondary N) is 1. The Hall–Kier alpha value is -1.10. The molecule has 0 aliphatic rings. The molecule has 1 atom stereocenters. The number of benzene rings is 1. The average molecular weight is 253 g/mol. The summed E-state index contributed by atoms with van der Waals surface area (Å²) < 4.78 is 5.73. The van der Waals surface area contributed by atoms with Crippen molar-refractivity contribution in [2.75, 3.05) is 26.9 Å². The first-order chi connectivity index (χ1) is 8.65. The Bertz CT molecular complexity index is 351. The van der Waals surface area contributed by atoms with Crippen molar-refractivity contribution < 1.29 is 14.9 Å². The van der Waals surface area contributed by atoms with Crippen molar-refractivity contribution in [2.45, 2.75) is 25.3 Å². The van der Waals surface area contributed by atoms with Gasteiger partial charge in [0.1, 0.15) is 5.75 Å². The van der Waals surface area contributed by atoms with E-state index in [4.69, 9.17) is 9.84 Å². The first kappa shape index (κ1) is 15.0. The van der Waals surface area contributed by atoms with Crippen LogP contribution in [0.3, 0.4) is 0 Å². The first-order valence-corrected chi connectivity index (χ1v) is 6.26. The highest BCUT2D eigenvalue weighted by molar-refractivity contribution is 5.33. The van der Waals surface area contributed by atoms with Gasteiger partial charge in [0.05, 0.1) is 13.2 Å². The van der Waals surface area contributed by atoms with Crippen LogP contribution in [-0.2, 0) is 6.42 Å². The third-order valence-electron chi connectivity index (χ3n) is 3.22. The zero-order valence-electron chi connectivity index (χ0n) is 11.1. The lowest BCUT2D eigenvalue weighted by molar-refractivity contribution is 0.150. The summed E-state index contributed by atoms with van der Waals surface area (Å²) in [7, 11) is 1.83. The molecule has 4 heteroatoms. The van der Waals surface area contributed by atoms with E-state index in [1.54, 1.807) is 0 Å². The maximum Gasteiger partial charge on any atom is 0.122 e. The molecule has 0 aliphatic carbocycles. The van der Waals surface area contributed by atoms with Crippen LogP contribution in [0.2, 0.25) is 0 Å². The normalized spacial score (nSPS) is 14.2. The van der Waals surface area contributed by atoms with Gasteiger partial charge < -0.3 is 20.3 Å². The Balaban J connectivity index is 2.53. The summed E-state index contributed by atoms with van der Waals surface area (Å²) in [6.45, 7) is 2.67. The van der Waals surface area contributed by atoms with Crippen molar-refractivity contribution in [3.05, 3.63) is 29.8 Å². The van der Waals surface area contributed by atoms with Gasteiger partial charge in [-0.05, 0) is 32.0 Å². The minimum absolute atomic E-state index is 0.0746. The van der Waals surface area contributed by atoms with E-state index in [2.05, 4.69) is 5.32 Å². The molecule has 1 unspecified atom stereocenters. The van der Waals surface area contributed by atoms with Gasteiger partial charge in [-0.25, -0.2) is 0 Å². The van der Waals surface area contributed by atoms with E-state index in [9.17, 15) is 5.11 Å². The molecule has 0 heterocycles. The molecular weight excluding hydrogens is 230 g/mol. The van der Waals surface area contributed by atoms with Crippen LogP contribution in [0.15, 0.2) is 24.3 Å². The fraction of sp³-hybridized carbons (Fsp3) is 0.571. The maximum absolute atomic E-state index is 9.27. The molecule has 0 radical (unpaired) electrons. The van der Waals surface area contributed by atoms with Crippen molar-refractivity contribution >= 4 is 0 Å². The van der Waals surface area contributed by atoms with Crippen LogP contribution >= 0.6 is 0 Å². The predicted molar refractivity (Wildman–Crippen MR) is 71.9 cm³/mol. The summed E-state index contributed by atoms with van der Waals surface area (Å²) in [4.78, 5) is 0. The van der Waals surface area contributed by atoms with E-state index in [0.29, 0.717) is 19.4 Å². The molecular formula is C14H23NO3. The second-order valence-corrected chi connectivity index (χ2v) is 4.65. The summed E-state index contributed by atoms with van der Waals surface area (Å²) in [6.07, 6.45) is 1.31. The van der Waals surface area contributed by atoms with E-state index in [1.165, 1.54) is 0 Å². The molecule has 1 rings (SSSR count). The van der Waals surface area contributed by atoms with Gasteiger partial charge in [0.2, 0.25) is 0 Å². The number of para-hydroxylation sites is 1. The molecule has 1 aromatic rings. The molecule has 1 aromatic carbocycles. The van der Waals surface area contributed by atoms with Crippen molar-refractivity contribution in [2.24, 2.45) is 0 Å². The van der Waals surface area contributed by atoms with Crippen molar-refractivity contribution in [1.29, 1.82) is 0 Å². The number of ether oxygens (including phenoxy) is 1. The highest BCUT2D eigenvalue weighted by atomic mass is 16.5. The van der Waals surface area contributed by atoms with E-state index in [1.807, 2.05) is 38.2 Å². The van der Waals surface area contributed by atoms with Crippen LogP contribution in [0.1, 0.15) is 18.9 Å². The molecule has 0 aromatic heterocycles. The third-order valence-corrected chi connectivity index (χ3v) is 3.22. The largest absolute Gasteiger partial charge is 0.493 e. The van der Waals surface area contributed by atoms with Gasteiger partial charge in [0.15, 0.2) is 0 Å². The number of hydrogen-bond donors (Lipinski definition) is 3. The van der Waals surface area contributed by atoms with Gasteiger partial charge in [-0.15, -0.1) is 0 Å². The standard InChI is InChI=1S/C14H23NO3/c1-14(11-17,15-2)8-10-18-13-6-4-3-5-12(13)7-9-16/h3-6,15-17H,7-11H2,1-2H3. The zero-order chi connectivity index (χ0) is 13.4. The third kappa shape index (κ3) is 4.29. The van der Waals surface area contributed by atoms with Crippen LogP contribution in [-0.4, -0.2) is 42.6 Å². The SMILES string of the molecule is CNC(C)(CO)CCOc1ccccc1CCO. The minimum atomic E-state index is -0.314. The maximum atomic E-state index is 9.27. The number of aliphatic hydroxyl groups excluding tert-OH is 2. The van der Waals surface area contributed by atoms with Gasteiger partial charge in [-0.1, -0.05) is 18.2 Å². The molecule has 0 saturated heterocycles. The molecule has 0 fully saturated rings. The van der Waals surface area contributed by atoms with Crippen LogP contribution in [0.5, 0.6) is 5.75 Å². The Labute approximate surface area is 109 Å². The summed E-state index contributed by atoms with van der Waals surface area (Å²) in [5.74, 6) is 0.808. The van der Waals surface area contributed by atoms with Gasteiger partial charge in [-0.2, -0.15) is 0 Å². The highest BCUT2D eigenvalue weighted by Gasteiger charge is 2.20. The van der Waals surface area contributed by atoms with Gasteiger partial charge in [0.25, 0.3) is 0 Å². The van der Waals surface area contributed by atoms with Crippen molar-refractivity contribution in [1.82, 2.24) is 5.32 Å². The highest BCUT2D eigenvalue weighted by Crippen LogP contribution is 2.19. The molecule has 0 bridgehead atoms. The lowest BCUT2D eigenvalue weighted by Gasteiger charge is -2.26. The van der Waals surface area contributed by atoms with Crippen LogP contribution in [0, 0.1) is 0 Å². The Morgan fingerprint density at radius 1 is 1.28 bits per heavy atom. The van der Waals surface area contributed by atoms with E-state index >= 15 is 0 Å². The van der Waals surface area contributed by atoms with Gasteiger partial charge >= 0.3 is 0 Å². The number of aliphatic hydroxyl groups is 2. The molecule has 0 amide bonds. The molecule has 3 N–H and O–H groups in total. The predicted octanol–water partition coefficient (Wildman–Crippen LogP) is 0.961. The van der Waals surface area contributed by atoms with Gasteiger partial charge in [-0.3, -0.25) is 0 Å². The number of rotatable bonds is 8. The summed E-state index contributed by atoms with van der Waals surface area (Å²) in [6, 6.07) is 7.71. The fourth-order valence-corrected chi connectivity index (χ4v) is 1.64. The molecule has 0 aliphatic heterocycles. The molecule has 0 saturated carbocycles. The first-order valence-electron chi connectivity index (χ1n) is 6.26. The number of likely N-dealkylation sites (N-methyl/N-ethyl adjacent to an activating group) is 1. The molecule has 0 spiro atoms. The summed E-state index contributed by atoms with van der Waals surface area (Å²) in [5.41, 5.74) is 0.696. The van der Waals surface area contributed by atoms with Crippen LogP contribution in [0.25, 0.3) is 0 Å². The lowest BCUT2D eigenvalue weighted by atomic mass is 10.0. The minimum Gasteiger partial charge on any atom is -0.493 e. The topological polar surface area (TPSA) is 61.7 Å². The molecule has 18 heavy (non-hydrogen) atoms. The monoisotopic (exact) mass is 253 g/mol. The molecule has 102 valence electrons. The fourth-order valence-electron chi connectivity index (χ4n) is 1.64. The van der Waals surface area contributed by atoms with Crippen LogP contribution < -0.4 is 10.1 Å².